The molecule has 11 heavy (non-hydrogen) atoms. The highest BCUT2D eigenvalue weighted by Gasteiger charge is 1.92. The van der Waals surface area contributed by atoms with Crippen LogP contribution in [0.2, 0.25) is 0 Å². The smallest absolute Gasteiger partial charge is 0.0874 e. The lowest BCUT2D eigenvalue weighted by Crippen LogP contribution is -1.79. The third-order valence-corrected chi connectivity index (χ3v) is 1.29. The van der Waals surface area contributed by atoms with Crippen molar-refractivity contribution in [2.75, 3.05) is 0 Å². The van der Waals surface area contributed by atoms with Crippen LogP contribution >= 0.6 is 0 Å². The molecular formula is C8H9N3. The van der Waals surface area contributed by atoms with E-state index in [4.69, 9.17) is 5.84 Å². The van der Waals surface area contributed by atoms with E-state index in [1.807, 2.05) is 30.3 Å². The van der Waals surface area contributed by atoms with Crippen LogP contribution in [0.1, 0.15) is 5.56 Å². The fourth-order valence-electron chi connectivity index (χ4n) is 0.758. The lowest BCUT2D eigenvalue weighted by atomic mass is 10.2. The van der Waals surface area contributed by atoms with Gasteiger partial charge in [-0.15, -0.1) is 5.11 Å². The van der Waals surface area contributed by atoms with E-state index in [1.54, 1.807) is 0 Å². The second kappa shape index (κ2) is 3.51. The Bertz CT molecular complexity index is 264. The van der Waals surface area contributed by atoms with Crippen LogP contribution in [-0.4, -0.2) is 0 Å². The Morgan fingerprint density at radius 3 is 2.45 bits per heavy atom. The normalized spacial score (nSPS) is 10.2. The fourth-order valence-corrected chi connectivity index (χ4v) is 0.758. The Morgan fingerprint density at radius 2 is 1.91 bits per heavy atom. The number of hydrogen-bond acceptors (Lipinski definition) is 2. The maximum atomic E-state index is 4.86. The zero-order valence-corrected chi connectivity index (χ0v) is 6.07. The van der Waals surface area contributed by atoms with Crippen LogP contribution in [0, 0.1) is 0 Å². The molecule has 3 heteroatoms. The predicted molar refractivity (Wildman–Crippen MR) is 44.5 cm³/mol. The van der Waals surface area contributed by atoms with Gasteiger partial charge in [-0.1, -0.05) is 42.1 Å². The summed E-state index contributed by atoms with van der Waals surface area (Å²) in [7, 11) is 0. The highest BCUT2D eigenvalue weighted by molar-refractivity contribution is 5.61. The van der Waals surface area contributed by atoms with Crippen LogP contribution in [0.15, 0.2) is 47.2 Å². The summed E-state index contributed by atoms with van der Waals surface area (Å²) in [6.45, 7) is 3.67. The topological polar surface area (TPSA) is 50.7 Å². The van der Waals surface area contributed by atoms with Gasteiger partial charge >= 0.3 is 0 Å². The van der Waals surface area contributed by atoms with Crippen LogP contribution in [-0.2, 0) is 0 Å². The number of nitrogens with two attached hydrogens (primary N) is 1. The monoisotopic (exact) mass is 147 g/mol. The zero-order valence-electron chi connectivity index (χ0n) is 6.07. The van der Waals surface area contributed by atoms with Gasteiger partial charge in [0.2, 0.25) is 0 Å². The van der Waals surface area contributed by atoms with E-state index < -0.39 is 0 Å². The van der Waals surface area contributed by atoms with Gasteiger partial charge < -0.3 is 5.84 Å². The summed E-state index contributed by atoms with van der Waals surface area (Å²) in [4.78, 5) is 0. The summed E-state index contributed by atoms with van der Waals surface area (Å²) in [5.41, 5.74) is 1.51. The number of hydrogen-bond donors (Lipinski definition) is 1. The molecule has 0 aliphatic carbocycles. The molecule has 2 N–H and O–H groups in total. The highest BCUT2D eigenvalue weighted by atomic mass is 15.3. The maximum absolute atomic E-state index is 4.86. The Kier molecular flexibility index (Phi) is 2.38. The Balaban J connectivity index is 2.86. The summed E-state index contributed by atoms with van der Waals surface area (Å²) < 4.78 is 0. The highest BCUT2D eigenvalue weighted by Crippen LogP contribution is 2.11. The molecule has 0 heterocycles. The van der Waals surface area contributed by atoms with E-state index in [1.165, 1.54) is 0 Å². The molecule has 0 unspecified atom stereocenters. The first kappa shape index (κ1) is 7.47. The van der Waals surface area contributed by atoms with Gasteiger partial charge in [-0.2, -0.15) is 0 Å². The number of nitrogens with zero attached hydrogens (tertiary/aromatic N) is 2. The molecule has 0 fully saturated rings. The molecule has 1 rings (SSSR count). The first-order valence-electron chi connectivity index (χ1n) is 3.20. The van der Waals surface area contributed by atoms with Gasteiger partial charge in [0.15, 0.2) is 0 Å². The third-order valence-electron chi connectivity index (χ3n) is 1.29. The molecule has 0 amide bonds. The van der Waals surface area contributed by atoms with Gasteiger partial charge in [-0.25, -0.2) is 0 Å². The van der Waals surface area contributed by atoms with Crippen molar-refractivity contribution in [3.8, 4) is 0 Å². The van der Waals surface area contributed by atoms with Crippen molar-refractivity contribution in [2.45, 2.75) is 0 Å². The summed E-state index contributed by atoms with van der Waals surface area (Å²) in [6.07, 6.45) is 0. The van der Waals surface area contributed by atoms with Gasteiger partial charge in [-0.05, 0) is 0 Å². The molecule has 0 atom stereocenters. The summed E-state index contributed by atoms with van der Waals surface area (Å²) in [5, 5.41) is 6.74. The van der Waals surface area contributed by atoms with E-state index in [2.05, 4.69) is 16.9 Å². The van der Waals surface area contributed by atoms with Gasteiger partial charge in [-0.3, -0.25) is 0 Å². The summed E-state index contributed by atoms with van der Waals surface area (Å²) in [6, 6.07) is 9.55. The molecule has 0 saturated carbocycles. The SMILES string of the molecule is C=C(N=NN)c1ccccc1. The molecule has 0 aromatic heterocycles. The van der Waals surface area contributed by atoms with Crippen molar-refractivity contribution < 1.29 is 0 Å². The average molecular weight is 147 g/mol. The molecule has 56 valence electrons. The first-order chi connectivity index (χ1) is 5.34. The lowest BCUT2D eigenvalue weighted by molar-refractivity contribution is 1.07. The van der Waals surface area contributed by atoms with Crippen LogP contribution in [0.25, 0.3) is 5.70 Å². The zero-order chi connectivity index (χ0) is 8.10. The number of rotatable bonds is 2. The van der Waals surface area contributed by atoms with Crippen molar-refractivity contribution in [1.82, 2.24) is 0 Å². The van der Waals surface area contributed by atoms with Gasteiger partial charge in [0, 0.05) is 5.56 Å². The quantitative estimate of drug-likeness (QED) is 0.388. The van der Waals surface area contributed by atoms with Crippen molar-refractivity contribution >= 4 is 5.70 Å². The van der Waals surface area contributed by atoms with E-state index in [0.717, 1.165) is 5.56 Å². The van der Waals surface area contributed by atoms with Crippen LogP contribution in [0.4, 0.5) is 0 Å². The first-order valence-corrected chi connectivity index (χ1v) is 3.20. The van der Waals surface area contributed by atoms with E-state index in [0.29, 0.717) is 5.70 Å². The third kappa shape index (κ3) is 1.89. The lowest BCUT2D eigenvalue weighted by Gasteiger charge is -1.94. The molecule has 0 radical (unpaired) electrons. The van der Waals surface area contributed by atoms with E-state index in [-0.39, 0.29) is 0 Å². The van der Waals surface area contributed by atoms with Gasteiger partial charge in [0.05, 0.1) is 5.70 Å². The molecule has 1 aromatic carbocycles. The Labute approximate surface area is 65.2 Å². The molecule has 0 aliphatic rings. The average Bonchev–Trinajstić information content (AvgIpc) is 2.07. The molecule has 1 aromatic rings. The van der Waals surface area contributed by atoms with Crippen LogP contribution < -0.4 is 5.84 Å². The minimum absolute atomic E-state index is 0.577. The second-order valence-electron chi connectivity index (χ2n) is 2.03. The summed E-state index contributed by atoms with van der Waals surface area (Å²) in [5.74, 6) is 4.86. The van der Waals surface area contributed by atoms with Gasteiger partial charge in [0.1, 0.15) is 0 Å². The standard InChI is InChI=1S/C8H9N3/c1-7(10-11-9)8-5-3-2-4-6-8/h2-6H,1H2,(H2,9,10). The van der Waals surface area contributed by atoms with Crippen molar-refractivity contribution in [2.24, 2.45) is 16.2 Å². The molecular weight excluding hydrogens is 138 g/mol. The van der Waals surface area contributed by atoms with E-state index >= 15 is 0 Å². The van der Waals surface area contributed by atoms with Crippen molar-refractivity contribution in [3.05, 3.63) is 42.5 Å². The largest absolute Gasteiger partial charge is 0.305 e. The maximum Gasteiger partial charge on any atom is 0.0874 e. The number of benzene rings is 1. The van der Waals surface area contributed by atoms with Crippen LogP contribution in [0.3, 0.4) is 0 Å². The van der Waals surface area contributed by atoms with Gasteiger partial charge in [0.25, 0.3) is 0 Å². The molecule has 0 bridgehead atoms. The molecule has 0 saturated heterocycles. The van der Waals surface area contributed by atoms with E-state index in [9.17, 15) is 0 Å². The fraction of sp³-hybridized carbons (Fsp3) is 0. The Hall–Kier alpha value is -1.64. The Morgan fingerprint density at radius 1 is 1.27 bits per heavy atom. The van der Waals surface area contributed by atoms with Crippen molar-refractivity contribution in [3.63, 3.8) is 0 Å². The summed E-state index contributed by atoms with van der Waals surface area (Å²) >= 11 is 0. The predicted octanol–water partition coefficient (Wildman–Crippen LogP) is 1.98. The molecule has 0 spiro atoms. The molecule has 0 aliphatic heterocycles. The second-order valence-corrected chi connectivity index (χ2v) is 2.03. The minimum atomic E-state index is 0.577. The minimum Gasteiger partial charge on any atom is -0.305 e. The van der Waals surface area contributed by atoms with Crippen LogP contribution in [0.5, 0.6) is 0 Å². The molecule has 3 nitrogen and oxygen atoms in total. The van der Waals surface area contributed by atoms with Crippen molar-refractivity contribution in [1.29, 1.82) is 0 Å².